The maximum absolute atomic E-state index is 14.2. The normalized spacial score (nSPS) is 40.3. The summed E-state index contributed by atoms with van der Waals surface area (Å²) in [5.74, 6) is 5.45. The minimum Gasteiger partial charge on any atom is -0.368 e. The van der Waals surface area contributed by atoms with Crippen molar-refractivity contribution in [1.29, 1.82) is 0 Å². The number of aromatic nitrogens is 11. The van der Waals surface area contributed by atoms with E-state index in [-0.39, 0.29) is 88.5 Å². The van der Waals surface area contributed by atoms with Gasteiger partial charge in [0.1, 0.15) is 23.7 Å². The van der Waals surface area contributed by atoms with Gasteiger partial charge < -0.3 is 17.2 Å². The van der Waals surface area contributed by atoms with Crippen LogP contribution in [0.5, 0.6) is 0 Å². The first-order valence-electron chi connectivity index (χ1n) is 32.1. The molecular weight excluding hydrogens is 1440 g/mol. The van der Waals surface area contributed by atoms with Crippen molar-refractivity contribution in [3.8, 4) is 0 Å². The van der Waals surface area contributed by atoms with Crippen molar-refractivity contribution < 1.29 is 22.8 Å². The smallest absolute Gasteiger partial charge is 0.215 e. The number of nitrogens with zero attached hydrogens (tertiary/aromatic N) is 7. The molecule has 14 atom stereocenters. The second-order valence-corrected chi connectivity index (χ2v) is 49.7. The van der Waals surface area contributed by atoms with Crippen molar-refractivity contribution in [3.05, 3.63) is 58.0 Å². The Bertz CT molecular complexity index is 3300. The first-order chi connectivity index (χ1) is 40.1. The number of ketones is 1. The number of fused-ring (bicyclic) bond motifs is 16. The number of nitrogen functional groups attached to an aromatic ring is 3. The molecule has 16 nitrogen and oxygen atoms in total. The Labute approximate surface area is 546 Å². The van der Waals surface area contributed by atoms with Crippen LogP contribution in [-0.2, 0) is 39.7 Å². The van der Waals surface area contributed by atoms with Crippen LogP contribution in [0.15, 0.2) is 29.6 Å². The molecule has 0 amide bonds. The fourth-order valence-corrected chi connectivity index (χ4v) is 23.3. The molecule has 0 radical (unpaired) electrons. The van der Waals surface area contributed by atoms with E-state index in [1.54, 1.807) is 11.1 Å². The van der Waals surface area contributed by atoms with Gasteiger partial charge >= 0.3 is 50.5 Å². The van der Waals surface area contributed by atoms with Crippen molar-refractivity contribution in [3.63, 3.8) is 0 Å². The topological polar surface area (TPSA) is 266 Å². The van der Waals surface area contributed by atoms with Crippen molar-refractivity contribution in [2.24, 2.45) is 89.7 Å². The van der Waals surface area contributed by atoms with Crippen molar-refractivity contribution in [2.45, 2.75) is 230 Å². The van der Waals surface area contributed by atoms with Crippen LogP contribution < -0.4 is 30.5 Å². The number of rotatable bonds is 4. The summed E-state index contributed by atoms with van der Waals surface area (Å²) in [5, 5.41) is 36.0. The molecule has 10 aliphatic rings. The van der Waals surface area contributed by atoms with Crippen LogP contribution in [0, 0.1) is 89.7 Å². The second-order valence-electron chi connectivity index (χ2n) is 33.1. The van der Waals surface area contributed by atoms with Crippen molar-refractivity contribution >= 4 is 77.4 Å². The summed E-state index contributed by atoms with van der Waals surface area (Å²) in [4.78, 5) is 30.8. The monoisotopic (exact) mass is 1540 g/mol. The molecule has 4 heterocycles. The molecule has 6 unspecified atom stereocenters. The number of nitrogens with one attached hydrogen (secondary N) is 4. The Hall–Kier alpha value is -2.67. The third-order valence-corrected chi connectivity index (χ3v) is 28.2. The second kappa shape index (κ2) is 22.0. The van der Waals surface area contributed by atoms with Gasteiger partial charge in [-0.15, -0.1) is 10.2 Å². The molecule has 0 aromatic carbocycles. The van der Waals surface area contributed by atoms with Crippen LogP contribution in [0.25, 0.3) is 0 Å². The van der Waals surface area contributed by atoms with E-state index in [1.807, 2.05) is 0 Å². The van der Waals surface area contributed by atoms with Crippen molar-refractivity contribution in [2.75, 3.05) is 17.2 Å². The quantitative estimate of drug-likeness (QED) is 0.0571. The third kappa shape index (κ3) is 9.64. The fourth-order valence-electron chi connectivity index (χ4n) is 23.0. The maximum Gasteiger partial charge on any atom is 0.215 e. The number of Topliss-reactive ketones (excluding diaryl/α,β-unsaturated/α-hetero) is 1. The number of halogens is 4. The van der Waals surface area contributed by atoms with Gasteiger partial charge in [-0.3, -0.25) is 19.8 Å². The number of carbonyl (C=O) groups is 2. The molecule has 0 aliphatic heterocycles. The average molecular weight is 1540 g/mol. The van der Waals surface area contributed by atoms with Gasteiger partial charge in [0, 0.05) is 38.8 Å². The summed E-state index contributed by atoms with van der Waals surface area (Å²) < 4.78 is 0. The first-order valence-corrected chi connectivity index (χ1v) is 45.1. The number of tetrazole rings is 1. The molecule has 4 aromatic rings. The molecule has 14 rings (SSSR count). The molecule has 10 N–H and O–H groups in total. The number of hydrogen-bond acceptors (Lipinski definition) is 12. The van der Waals surface area contributed by atoms with Crippen LogP contribution >= 0.6 is 48.8 Å². The number of nitrogens with two attached hydrogens (primary N) is 3. The standard InChI is InChI=1S/C33H49N7O.C31H46ClN3O.C2H4N4.I3/c1-28(2)12-14-33(24(41)16-25-35-39-40-36-25)15-13-31(6)20(21(33)18-28)8-9-23-30(5)17-19-26(37-38-27(19)34)29(3,4)22(30)10-11-32(23,31)7;1-26(2)12-14-31(25(32)36)15-13-29(6)19(20(31)17-26)8-9-22-28(5)16-18-23(34-35-24(18)33)27(3,4)21(28)10-11-30(22,29)7;3-2-4-1-5-6-2;1-3-2/h8,21-23H,9-18H2,1-7H3,(H3,34,37,38)(H,35,36,39,40);8,20-22H,9-17H2,1-7H3,(H3,33,34,35);1H,(H3,3,4,5,6);/q;;;-1/t21?,22?,23?,30-,31+,32+,33-;20?,21?,22?,28-,29+,30+,31-;;/m00../s1. The van der Waals surface area contributed by atoms with Gasteiger partial charge in [-0.05, 0) is 206 Å². The summed E-state index contributed by atoms with van der Waals surface area (Å²) >= 11 is 11.8. The van der Waals surface area contributed by atoms with Gasteiger partial charge in [0.2, 0.25) is 11.2 Å². The Balaban J connectivity index is 0.000000157. The van der Waals surface area contributed by atoms with Gasteiger partial charge in [-0.25, -0.2) is 10.1 Å². The third-order valence-electron chi connectivity index (χ3n) is 27.8. The minimum atomic E-state index is -0.361. The van der Waals surface area contributed by atoms with E-state index in [1.165, 1.54) is 54.5 Å². The Morgan fingerprint density at radius 2 is 1.05 bits per heavy atom. The zero-order chi connectivity index (χ0) is 62.4. The molecule has 0 spiro atoms. The van der Waals surface area contributed by atoms with Gasteiger partial charge in [-0.2, -0.15) is 20.5 Å². The van der Waals surface area contributed by atoms with Gasteiger partial charge in [-0.1, -0.05) is 125 Å². The predicted octanol–water partition coefficient (Wildman–Crippen LogP) is 11.9. The van der Waals surface area contributed by atoms with Gasteiger partial charge in [0.25, 0.3) is 0 Å². The predicted molar refractivity (Wildman–Crippen MR) is 354 cm³/mol. The minimum absolute atomic E-state index is 0.00979. The number of aromatic amines is 4. The molecule has 6 fully saturated rings. The SMILES string of the molecule is CC1(C)CC[C@]2(C(=O)Cc3nn[nH]n3)CC[C@]3(C)C(=CCC4[C@@]5(C)Cc6c(N)n[nH]c6C(C)(C)C5CC[C@]43C)C2C1.CC1(C)CC[C@]2(C(=O)Cl)CC[C@]3(C)C(=CCC4[C@@]5(C)Cc6c(N)n[nH]c6C(C)(C)C5CC[C@]43C)C2C1.I[I-]I.Nc1ncn[nH]1. The summed E-state index contributed by atoms with van der Waals surface area (Å²) in [7, 11) is 0. The van der Waals surface area contributed by atoms with E-state index in [2.05, 4.69) is 203 Å². The first kappa shape index (κ1) is 64.8. The average Bonchev–Trinajstić information content (AvgIpc) is 1.02. The van der Waals surface area contributed by atoms with Gasteiger partial charge in [0.05, 0.1) is 11.8 Å². The summed E-state index contributed by atoms with van der Waals surface area (Å²) in [6.45, 7) is 34.7. The molecule has 86 heavy (non-hydrogen) atoms. The number of hydrogen-bond donors (Lipinski definition) is 7. The molecule has 20 heteroatoms. The fraction of sp³-hybridized carbons (Fsp3) is 0.773. The Morgan fingerprint density at radius 3 is 1.45 bits per heavy atom. The molecule has 6 saturated carbocycles. The van der Waals surface area contributed by atoms with Crippen LogP contribution in [0.3, 0.4) is 0 Å². The summed E-state index contributed by atoms with van der Waals surface area (Å²) in [6.07, 6.45) is 26.3. The van der Waals surface area contributed by atoms with E-state index >= 15 is 0 Å². The van der Waals surface area contributed by atoms with Crippen LogP contribution in [0.4, 0.5) is 17.6 Å². The Morgan fingerprint density at radius 1 is 0.605 bits per heavy atom. The van der Waals surface area contributed by atoms with E-state index in [9.17, 15) is 9.59 Å². The van der Waals surface area contributed by atoms with Crippen LogP contribution in [0.1, 0.15) is 228 Å². The zero-order valence-electron chi connectivity index (χ0n) is 53.8. The summed E-state index contributed by atoms with van der Waals surface area (Å²) in [6, 6.07) is 0. The summed E-state index contributed by atoms with van der Waals surface area (Å²) in [5.41, 5.74) is 26.8. The number of carbonyl (C=O) groups excluding carboxylic acids is 2. The van der Waals surface area contributed by atoms with Crippen LogP contribution in [0.2, 0.25) is 0 Å². The zero-order valence-corrected chi connectivity index (χ0v) is 61.1. The van der Waals surface area contributed by atoms with Crippen LogP contribution in [-0.4, -0.2) is 67.2 Å². The number of allylic oxidation sites excluding steroid dienone is 4. The Kier molecular flexibility index (Phi) is 16.6. The molecule has 4 aromatic heterocycles. The van der Waals surface area contributed by atoms with E-state index in [0.717, 1.165) is 89.9 Å². The molecule has 0 saturated heterocycles. The van der Waals surface area contributed by atoms with Crippen molar-refractivity contribution in [1.82, 2.24) is 56.2 Å². The number of anilines is 3. The molecular formula is C66H99ClI3N14O2-. The van der Waals surface area contributed by atoms with E-state index in [0.29, 0.717) is 66.1 Å². The maximum atomic E-state index is 14.2. The van der Waals surface area contributed by atoms with E-state index in [4.69, 9.17) is 28.8 Å². The number of H-pyrrole nitrogens is 4. The molecule has 474 valence electrons. The van der Waals surface area contributed by atoms with Gasteiger partial charge in [0.15, 0.2) is 5.82 Å². The van der Waals surface area contributed by atoms with E-state index < -0.39 is 0 Å². The molecule has 0 bridgehead atoms. The largest absolute Gasteiger partial charge is 0.368 e. The molecule has 10 aliphatic carbocycles.